The molecular formula is C15H15BrFNO. The molecule has 0 aliphatic rings. The van der Waals surface area contributed by atoms with Gasteiger partial charge in [-0.1, -0.05) is 12.1 Å². The molecule has 0 fully saturated rings. The smallest absolute Gasteiger partial charge is 0.141 e. The van der Waals surface area contributed by atoms with Crippen molar-refractivity contribution in [3.05, 3.63) is 58.3 Å². The van der Waals surface area contributed by atoms with E-state index in [1.165, 1.54) is 11.6 Å². The topological polar surface area (TPSA) is 35.2 Å². The number of aryl methyl sites for hydroxylation is 1. The van der Waals surface area contributed by atoms with Crippen LogP contribution in [0.4, 0.5) is 10.1 Å². The Morgan fingerprint density at radius 3 is 2.53 bits per heavy atom. The van der Waals surface area contributed by atoms with Crippen molar-refractivity contribution in [2.45, 2.75) is 12.8 Å². The largest absolute Gasteiger partial charge is 0.493 e. The molecule has 0 heterocycles. The second-order valence-corrected chi connectivity index (χ2v) is 5.12. The normalized spacial score (nSPS) is 10.4. The highest BCUT2D eigenvalue weighted by atomic mass is 79.9. The number of halogens is 2. The van der Waals surface area contributed by atoms with Crippen LogP contribution in [0, 0.1) is 5.82 Å². The summed E-state index contributed by atoms with van der Waals surface area (Å²) in [4.78, 5) is 0. The monoisotopic (exact) mass is 323 g/mol. The van der Waals surface area contributed by atoms with Gasteiger partial charge in [-0.05, 0) is 58.6 Å². The minimum absolute atomic E-state index is 0.309. The Balaban J connectivity index is 1.77. The third kappa shape index (κ3) is 4.24. The summed E-state index contributed by atoms with van der Waals surface area (Å²) in [6.45, 7) is 0.561. The summed E-state index contributed by atoms with van der Waals surface area (Å²) in [5.74, 6) is 0.244. The lowest BCUT2D eigenvalue weighted by Crippen LogP contribution is -2.00. The number of nitrogen functional groups attached to an aromatic ring is 1. The lowest BCUT2D eigenvalue weighted by molar-refractivity contribution is 0.309. The Labute approximate surface area is 120 Å². The summed E-state index contributed by atoms with van der Waals surface area (Å²) in [5.41, 5.74) is 7.61. The Morgan fingerprint density at radius 1 is 1.11 bits per heavy atom. The molecule has 0 aliphatic heterocycles. The van der Waals surface area contributed by atoms with Crippen LogP contribution in [0.2, 0.25) is 0 Å². The standard InChI is InChI=1S/C15H15BrFNO/c16-14-8-7-13(10-15(14)17)19-9-1-2-11-3-5-12(18)6-4-11/h3-8,10H,1-2,9,18H2. The molecule has 0 unspecified atom stereocenters. The zero-order valence-electron chi connectivity index (χ0n) is 10.4. The maximum Gasteiger partial charge on any atom is 0.141 e. The van der Waals surface area contributed by atoms with Crippen LogP contribution < -0.4 is 10.5 Å². The number of benzene rings is 2. The highest BCUT2D eigenvalue weighted by Crippen LogP contribution is 2.21. The van der Waals surface area contributed by atoms with Gasteiger partial charge in [0.2, 0.25) is 0 Å². The van der Waals surface area contributed by atoms with Gasteiger partial charge in [0.05, 0.1) is 11.1 Å². The van der Waals surface area contributed by atoms with Crippen LogP contribution in [0.15, 0.2) is 46.9 Å². The molecule has 0 saturated heterocycles. The van der Waals surface area contributed by atoms with Crippen molar-refractivity contribution in [2.24, 2.45) is 0 Å². The first kappa shape index (κ1) is 13.9. The van der Waals surface area contributed by atoms with Crippen molar-refractivity contribution < 1.29 is 9.13 Å². The Bertz CT molecular complexity index is 542. The van der Waals surface area contributed by atoms with Crippen molar-refractivity contribution in [1.82, 2.24) is 0 Å². The zero-order chi connectivity index (χ0) is 13.7. The lowest BCUT2D eigenvalue weighted by atomic mass is 10.1. The Morgan fingerprint density at radius 2 is 1.84 bits per heavy atom. The number of ether oxygens (including phenoxy) is 1. The minimum atomic E-state index is -0.309. The average molecular weight is 324 g/mol. The van der Waals surface area contributed by atoms with Crippen LogP contribution in [0.5, 0.6) is 5.75 Å². The highest BCUT2D eigenvalue weighted by molar-refractivity contribution is 9.10. The van der Waals surface area contributed by atoms with Crippen LogP contribution in [0.1, 0.15) is 12.0 Å². The lowest BCUT2D eigenvalue weighted by Gasteiger charge is -2.07. The summed E-state index contributed by atoms with van der Waals surface area (Å²) < 4.78 is 19.2. The summed E-state index contributed by atoms with van der Waals surface area (Å²) in [6.07, 6.45) is 1.79. The molecule has 19 heavy (non-hydrogen) atoms. The molecule has 4 heteroatoms. The van der Waals surface area contributed by atoms with Crippen molar-refractivity contribution >= 4 is 21.6 Å². The fourth-order valence-corrected chi connectivity index (χ4v) is 1.96. The number of hydrogen-bond donors (Lipinski definition) is 1. The second-order valence-electron chi connectivity index (χ2n) is 4.27. The molecule has 0 atom stereocenters. The van der Waals surface area contributed by atoms with E-state index in [4.69, 9.17) is 10.5 Å². The quantitative estimate of drug-likeness (QED) is 0.661. The second kappa shape index (κ2) is 6.57. The number of anilines is 1. The molecular weight excluding hydrogens is 309 g/mol. The van der Waals surface area contributed by atoms with Gasteiger partial charge in [-0.15, -0.1) is 0 Å². The van der Waals surface area contributed by atoms with Crippen molar-refractivity contribution in [3.8, 4) is 5.75 Å². The fraction of sp³-hybridized carbons (Fsp3) is 0.200. The summed E-state index contributed by atoms with van der Waals surface area (Å²) in [5, 5.41) is 0. The van der Waals surface area contributed by atoms with E-state index in [-0.39, 0.29) is 5.82 Å². The first-order chi connectivity index (χ1) is 9.15. The third-order valence-electron chi connectivity index (χ3n) is 2.75. The van der Waals surface area contributed by atoms with Crippen LogP contribution in [0.3, 0.4) is 0 Å². The van der Waals surface area contributed by atoms with E-state index in [0.29, 0.717) is 16.8 Å². The average Bonchev–Trinajstić information content (AvgIpc) is 2.41. The summed E-state index contributed by atoms with van der Waals surface area (Å²) in [7, 11) is 0. The fourth-order valence-electron chi connectivity index (χ4n) is 1.72. The van der Waals surface area contributed by atoms with Crippen LogP contribution in [-0.4, -0.2) is 6.61 Å². The molecule has 0 amide bonds. The summed E-state index contributed by atoms with van der Waals surface area (Å²) >= 11 is 3.11. The minimum Gasteiger partial charge on any atom is -0.493 e. The number of nitrogens with two attached hydrogens (primary N) is 1. The van der Waals surface area contributed by atoms with E-state index in [1.54, 1.807) is 12.1 Å². The molecule has 2 aromatic carbocycles. The predicted molar refractivity (Wildman–Crippen MR) is 78.8 cm³/mol. The summed E-state index contributed by atoms with van der Waals surface area (Å²) in [6, 6.07) is 12.6. The van der Waals surface area contributed by atoms with E-state index in [1.807, 2.05) is 24.3 Å². The van der Waals surface area contributed by atoms with Gasteiger partial charge in [0, 0.05) is 11.8 Å². The van der Waals surface area contributed by atoms with Crippen LogP contribution >= 0.6 is 15.9 Å². The zero-order valence-corrected chi connectivity index (χ0v) is 12.0. The SMILES string of the molecule is Nc1ccc(CCCOc2ccc(Br)c(F)c2)cc1. The van der Waals surface area contributed by atoms with Gasteiger partial charge in [0.1, 0.15) is 11.6 Å². The van der Waals surface area contributed by atoms with Gasteiger partial charge >= 0.3 is 0 Å². The molecule has 0 aromatic heterocycles. The maximum atomic E-state index is 13.3. The van der Waals surface area contributed by atoms with Crippen molar-refractivity contribution in [2.75, 3.05) is 12.3 Å². The molecule has 2 rings (SSSR count). The first-order valence-corrected chi connectivity index (χ1v) is 6.87. The molecule has 2 aromatic rings. The molecule has 0 spiro atoms. The number of hydrogen-bond acceptors (Lipinski definition) is 2. The van der Waals surface area contributed by atoms with Gasteiger partial charge in [0.25, 0.3) is 0 Å². The van der Waals surface area contributed by atoms with Gasteiger partial charge in [0.15, 0.2) is 0 Å². The van der Waals surface area contributed by atoms with E-state index in [9.17, 15) is 4.39 Å². The van der Waals surface area contributed by atoms with Crippen molar-refractivity contribution in [3.63, 3.8) is 0 Å². The Hall–Kier alpha value is -1.55. The Kier molecular flexibility index (Phi) is 4.80. The predicted octanol–water partition coefficient (Wildman–Crippen LogP) is 4.18. The van der Waals surface area contributed by atoms with Gasteiger partial charge < -0.3 is 10.5 Å². The highest BCUT2D eigenvalue weighted by Gasteiger charge is 2.01. The third-order valence-corrected chi connectivity index (χ3v) is 3.39. The van der Waals surface area contributed by atoms with E-state index in [0.717, 1.165) is 18.5 Å². The van der Waals surface area contributed by atoms with Gasteiger partial charge in [-0.3, -0.25) is 0 Å². The van der Waals surface area contributed by atoms with E-state index < -0.39 is 0 Å². The maximum absolute atomic E-state index is 13.3. The van der Waals surface area contributed by atoms with Gasteiger partial charge in [-0.2, -0.15) is 0 Å². The van der Waals surface area contributed by atoms with Crippen molar-refractivity contribution in [1.29, 1.82) is 0 Å². The molecule has 0 bridgehead atoms. The molecule has 2 nitrogen and oxygen atoms in total. The van der Waals surface area contributed by atoms with E-state index >= 15 is 0 Å². The number of rotatable bonds is 5. The van der Waals surface area contributed by atoms with Gasteiger partial charge in [-0.25, -0.2) is 4.39 Å². The first-order valence-electron chi connectivity index (χ1n) is 6.07. The molecule has 0 radical (unpaired) electrons. The molecule has 2 N–H and O–H groups in total. The molecule has 100 valence electrons. The van der Waals surface area contributed by atoms with E-state index in [2.05, 4.69) is 15.9 Å². The van der Waals surface area contributed by atoms with Crippen LogP contribution in [-0.2, 0) is 6.42 Å². The molecule has 0 aliphatic carbocycles. The molecule has 0 saturated carbocycles. The van der Waals surface area contributed by atoms with Crippen LogP contribution in [0.25, 0.3) is 0 Å².